The Morgan fingerprint density at radius 3 is 0.154 bits per heavy atom. The molecule has 0 saturated heterocycles. The van der Waals surface area contributed by atoms with Gasteiger partial charge in [0.25, 0.3) is 0 Å². The average Bonchev–Trinajstić information content (AvgIpc) is 2.84. The van der Waals surface area contributed by atoms with Gasteiger partial charge in [0.15, 0.2) is 0 Å². The Morgan fingerprint density at radius 1 is 0.154 bits per heavy atom. The molecule has 0 bridgehead atoms. The molecule has 0 aliphatic carbocycles. The van der Waals surface area contributed by atoms with E-state index >= 15 is 0 Å². The van der Waals surface area contributed by atoms with Crippen molar-refractivity contribution in [3.8, 4) is 0 Å². The van der Waals surface area contributed by atoms with E-state index in [0.717, 1.165) is 0 Å². The molecular formula is C12Co2O12. The normalized spacial score (nSPS) is 0.923. The van der Waals surface area contributed by atoms with Gasteiger partial charge in [0.2, 0.25) is 0 Å². The van der Waals surface area contributed by atoms with Crippen molar-refractivity contribution >= 4 is 0 Å². The third kappa shape index (κ3) is 2150. The Hall–Kier alpha value is -2.11. The monoisotopic (exact) mass is 454 g/mol. The van der Waals surface area contributed by atoms with Crippen molar-refractivity contribution in [3.05, 3.63) is 79.8 Å². The van der Waals surface area contributed by atoms with Crippen LogP contribution >= 0.6 is 0 Å². The quantitative estimate of drug-likeness (QED) is 0.334. The molecule has 0 N–H and O–H groups in total. The van der Waals surface area contributed by atoms with E-state index in [1.165, 1.54) is 0 Å². The first-order valence-electron chi connectivity index (χ1n) is 2.45. The van der Waals surface area contributed by atoms with Crippen LogP contribution in [0.15, 0.2) is 0 Å². The molecule has 0 fully saturated rings. The van der Waals surface area contributed by atoms with Gasteiger partial charge in [-0.25, -0.2) is 0 Å². The van der Waals surface area contributed by atoms with Crippen LogP contribution < -0.4 is 0 Å². The molecule has 0 aromatic rings. The first kappa shape index (κ1) is 128. The van der Waals surface area contributed by atoms with Gasteiger partial charge in [-0.15, -0.1) is 0 Å². The van der Waals surface area contributed by atoms with Crippen LogP contribution in [0.2, 0.25) is 0 Å². The fraction of sp³-hybridized carbons (Fsp3) is 0. The van der Waals surface area contributed by atoms with Gasteiger partial charge in [-0.1, -0.05) is 0 Å². The standard InChI is InChI=1S/12CO.2Co/c12*1-2;;. The minimum Gasteiger partial charge on any atom is 0 e. The zero-order chi connectivity index (χ0) is 24.0. The second-order valence-electron chi connectivity index (χ2n) is 0. The van der Waals surface area contributed by atoms with Crippen molar-refractivity contribution in [3.63, 3.8) is 0 Å². The molecule has 0 spiro atoms. The van der Waals surface area contributed by atoms with Gasteiger partial charge >= 0.3 is 136 Å². The molecule has 0 aliphatic heterocycles. The Morgan fingerprint density at radius 2 is 0.154 bits per heavy atom. The van der Waals surface area contributed by atoms with Crippen molar-refractivity contribution in [1.82, 2.24) is 0 Å². The predicted molar refractivity (Wildman–Crippen MR) is 47.2 cm³/mol. The molecular weight excluding hydrogens is 454 g/mol. The van der Waals surface area contributed by atoms with E-state index in [-0.39, 0.29) is 33.6 Å². The second-order valence-corrected chi connectivity index (χ2v) is 0. The topological polar surface area (TPSA) is 239 Å². The Kier molecular flexibility index (Phi) is 12200. The molecule has 0 aliphatic rings. The van der Waals surface area contributed by atoms with Crippen LogP contribution in [0.3, 0.4) is 0 Å². The van der Waals surface area contributed by atoms with Crippen LogP contribution in [-0.4, -0.2) is 0 Å². The first-order valence-corrected chi connectivity index (χ1v) is 2.45. The SMILES string of the molecule is [C-]#[O+].[C-]#[O+].[C-]#[O+].[C-]#[O+].[C-]#[O+].[C-]#[O+].[C-]#[O+].[C-]#[O+].[C-]#[O+].[C-]#[O+].[C-]#[O+].[C-]#[O+].[Co].[Co]. The molecule has 0 rings (SSSR count). The zero-order valence-electron chi connectivity index (χ0n) is 11.6. The van der Waals surface area contributed by atoms with Crippen LogP contribution in [0.5, 0.6) is 0 Å². The summed E-state index contributed by atoms with van der Waals surface area (Å²) in [4.78, 5) is 0. The van der Waals surface area contributed by atoms with Crippen LogP contribution in [0.4, 0.5) is 0 Å². The molecule has 0 aromatic heterocycles. The summed E-state index contributed by atoms with van der Waals surface area (Å²) in [6, 6.07) is 0. The van der Waals surface area contributed by atoms with Gasteiger partial charge in [-0.3, -0.25) is 0 Å². The van der Waals surface area contributed by atoms with Crippen molar-refractivity contribution in [2.75, 3.05) is 0 Å². The molecule has 0 saturated carbocycles. The summed E-state index contributed by atoms with van der Waals surface area (Å²) in [6.45, 7) is 54.0. The molecule has 0 amide bonds. The van der Waals surface area contributed by atoms with Crippen LogP contribution in [-0.2, 0) is 89.4 Å². The summed E-state index contributed by atoms with van der Waals surface area (Å²) in [7, 11) is 0. The third-order valence-electron chi connectivity index (χ3n) is 0. The smallest absolute Gasteiger partial charge is 0 e. The Balaban J connectivity index is -0.00000000500. The predicted octanol–water partition coefficient (Wildman–Crippen LogP) is -0.455. The van der Waals surface area contributed by atoms with Gasteiger partial charge in [-0.2, -0.15) is 0 Å². The molecule has 14 heteroatoms. The van der Waals surface area contributed by atoms with Crippen LogP contribution in [0, 0.1) is 79.8 Å². The molecule has 0 atom stereocenters. The molecule has 0 aromatic carbocycles. The van der Waals surface area contributed by atoms with Crippen molar-refractivity contribution in [2.45, 2.75) is 0 Å². The maximum atomic E-state index is 7.50. The van der Waals surface area contributed by atoms with E-state index in [0.29, 0.717) is 0 Å². The van der Waals surface area contributed by atoms with E-state index in [4.69, 9.17) is 55.8 Å². The zero-order valence-corrected chi connectivity index (χ0v) is 13.6. The van der Waals surface area contributed by atoms with Crippen molar-refractivity contribution in [2.24, 2.45) is 0 Å². The summed E-state index contributed by atoms with van der Waals surface area (Å²) >= 11 is 0. The van der Waals surface area contributed by atoms with Crippen LogP contribution in [0.25, 0.3) is 0 Å². The second kappa shape index (κ2) is 2470. The number of rotatable bonds is 0. The number of hydrogen-bond acceptors (Lipinski definition) is 0. The summed E-state index contributed by atoms with van der Waals surface area (Å²) in [5, 5.41) is 0. The van der Waals surface area contributed by atoms with E-state index in [1.807, 2.05) is 0 Å². The van der Waals surface area contributed by atoms with E-state index in [9.17, 15) is 0 Å². The van der Waals surface area contributed by atoms with Crippen LogP contribution in [0.1, 0.15) is 0 Å². The van der Waals surface area contributed by atoms with E-state index in [2.05, 4.69) is 79.8 Å². The Bertz CT molecular complexity index is 220. The van der Waals surface area contributed by atoms with Crippen molar-refractivity contribution < 1.29 is 89.4 Å². The number of hydrogen-bond donors (Lipinski definition) is 0. The van der Waals surface area contributed by atoms with Gasteiger partial charge in [0, 0.05) is 33.6 Å². The molecule has 12 nitrogen and oxygen atoms in total. The first-order chi connectivity index (χ1) is 12.0. The maximum Gasteiger partial charge on any atom is 0 e. The minimum absolute atomic E-state index is 0. The molecule has 2 radical (unpaired) electrons. The van der Waals surface area contributed by atoms with Gasteiger partial charge in [0.1, 0.15) is 0 Å². The molecule has 0 heterocycles. The van der Waals surface area contributed by atoms with Gasteiger partial charge < -0.3 is 0 Å². The minimum atomic E-state index is 0. The van der Waals surface area contributed by atoms with E-state index < -0.39 is 0 Å². The van der Waals surface area contributed by atoms with Gasteiger partial charge in [-0.05, 0) is 0 Å². The molecule has 26 heavy (non-hydrogen) atoms. The summed E-state index contributed by atoms with van der Waals surface area (Å²) in [5.74, 6) is 0. The maximum absolute atomic E-state index is 7.50. The summed E-state index contributed by atoms with van der Waals surface area (Å²) in [6.07, 6.45) is 0. The molecule has 138 valence electrons. The average molecular weight is 454 g/mol. The van der Waals surface area contributed by atoms with Crippen molar-refractivity contribution in [1.29, 1.82) is 0 Å². The summed E-state index contributed by atoms with van der Waals surface area (Å²) < 4.78 is 90.0. The fourth-order valence-electron chi connectivity index (χ4n) is 0. The summed E-state index contributed by atoms with van der Waals surface area (Å²) in [5.41, 5.74) is 0. The fourth-order valence-corrected chi connectivity index (χ4v) is 0. The Labute approximate surface area is 169 Å². The van der Waals surface area contributed by atoms with E-state index in [1.54, 1.807) is 0 Å². The molecule has 0 unspecified atom stereocenters. The largest absolute Gasteiger partial charge is 0 e. The third-order valence-corrected chi connectivity index (χ3v) is 0. The van der Waals surface area contributed by atoms with Gasteiger partial charge in [0.05, 0.1) is 0 Å².